The van der Waals surface area contributed by atoms with E-state index in [1.165, 1.54) is 21.3 Å². The van der Waals surface area contributed by atoms with Gasteiger partial charge in [0, 0.05) is 65.0 Å². The molecule has 222 valence electrons. The first kappa shape index (κ1) is 33.1. The molecule has 0 radical (unpaired) electrons. The molecule has 2 saturated heterocycles. The van der Waals surface area contributed by atoms with Crippen LogP contribution in [-0.2, 0) is 28.5 Å². The van der Waals surface area contributed by atoms with Crippen LogP contribution in [0.1, 0.15) is 59.8 Å². The van der Waals surface area contributed by atoms with E-state index in [1.807, 2.05) is 13.0 Å². The molecule has 2 aliphatic rings. The van der Waals surface area contributed by atoms with Crippen molar-refractivity contribution in [3.8, 4) is 0 Å². The van der Waals surface area contributed by atoms with Crippen molar-refractivity contribution in [1.82, 2.24) is 0 Å². The van der Waals surface area contributed by atoms with Gasteiger partial charge in [-0.1, -0.05) is 26.8 Å². The molecule has 2 heterocycles. The number of hydrogen-bond acceptors (Lipinski definition) is 11. The number of aliphatic hydroxyl groups is 5. The Labute approximate surface area is 225 Å². The van der Waals surface area contributed by atoms with Crippen molar-refractivity contribution >= 4 is 5.97 Å². The lowest BCUT2D eigenvalue weighted by molar-refractivity contribution is -0.379. The fourth-order valence-corrected chi connectivity index (χ4v) is 5.30. The van der Waals surface area contributed by atoms with E-state index in [1.54, 1.807) is 20.8 Å². The summed E-state index contributed by atoms with van der Waals surface area (Å²) >= 11 is 0. The molecule has 2 aliphatic heterocycles. The Morgan fingerprint density at radius 1 is 1.05 bits per heavy atom. The number of rotatable bonds is 7. The molecule has 0 amide bonds. The average molecular weight is 549 g/mol. The zero-order chi connectivity index (χ0) is 28.8. The third kappa shape index (κ3) is 7.13. The van der Waals surface area contributed by atoms with Gasteiger partial charge >= 0.3 is 5.97 Å². The van der Waals surface area contributed by atoms with Gasteiger partial charge in [-0.05, 0) is 18.9 Å². The highest BCUT2D eigenvalue weighted by Crippen LogP contribution is 2.46. The third-order valence-corrected chi connectivity index (χ3v) is 8.37. The molecule has 2 rings (SSSR count). The Hall–Kier alpha value is -1.15. The Balaban J connectivity index is 2.56. The lowest BCUT2D eigenvalue weighted by atomic mass is 9.70. The zero-order valence-corrected chi connectivity index (χ0v) is 23.7. The highest BCUT2D eigenvalue weighted by molar-refractivity contribution is 5.75. The second kappa shape index (κ2) is 14.0. The first-order chi connectivity index (χ1) is 17.8. The predicted molar refractivity (Wildman–Crippen MR) is 137 cm³/mol. The molecule has 2 fully saturated rings. The van der Waals surface area contributed by atoms with E-state index >= 15 is 0 Å². The molecule has 11 heteroatoms. The van der Waals surface area contributed by atoms with Crippen LogP contribution in [0.25, 0.3) is 0 Å². The molecular weight excluding hydrogens is 500 g/mol. The van der Waals surface area contributed by atoms with Gasteiger partial charge in [0.15, 0.2) is 6.10 Å². The molecule has 0 aromatic carbocycles. The molecule has 0 spiro atoms. The molecule has 11 nitrogen and oxygen atoms in total. The van der Waals surface area contributed by atoms with E-state index < -0.39 is 66.0 Å². The van der Waals surface area contributed by atoms with Crippen LogP contribution in [0, 0.1) is 11.3 Å². The maximum Gasteiger partial charge on any atom is 0.338 e. The number of carbonyl (C=O) groups is 1. The van der Waals surface area contributed by atoms with Gasteiger partial charge in [0.05, 0.1) is 30.5 Å². The fourth-order valence-electron chi connectivity index (χ4n) is 5.30. The average Bonchev–Trinajstić information content (AvgIpc) is 2.89. The normalized spacial score (nSPS) is 40.2. The summed E-state index contributed by atoms with van der Waals surface area (Å²) in [5.41, 5.74) is -0.730. The van der Waals surface area contributed by atoms with Gasteiger partial charge < -0.3 is 49.2 Å². The Morgan fingerprint density at radius 3 is 2.18 bits per heavy atom. The minimum Gasteiger partial charge on any atom is -0.456 e. The maximum atomic E-state index is 13.1. The van der Waals surface area contributed by atoms with Crippen molar-refractivity contribution in [2.24, 2.45) is 11.3 Å². The number of carbonyl (C=O) groups excluding carboxylic acids is 1. The molecule has 0 aliphatic carbocycles. The Bertz CT molecular complexity index is 783. The van der Waals surface area contributed by atoms with E-state index in [0.29, 0.717) is 12.0 Å². The van der Waals surface area contributed by atoms with E-state index in [0.717, 1.165) is 0 Å². The van der Waals surface area contributed by atoms with Gasteiger partial charge in [0.25, 0.3) is 0 Å². The van der Waals surface area contributed by atoms with Crippen LogP contribution < -0.4 is 0 Å². The number of fused-ring (bicyclic) bond motifs is 2. The zero-order valence-electron chi connectivity index (χ0n) is 23.7. The SMILES string of the molecule is CC[C@H](/C=C(\C)C1C[C@@H](OC)C[C@@H](O)C(C)(C)[C@@]2(O)O[C@@H](C[C@@H](OC)[C@H](O)C(=O)O1)C[C@@H](OC)[C@H]2O)CO. The highest BCUT2D eigenvalue weighted by atomic mass is 16.7. The molecular formula is C27H48O11. The molecule has 1 unspecified atom stereocenters. The molecule has 0 saturated carbocycles. The summed E-state index contributed by atoms with van der Waals surface area (Å²) in [6.07, 6.45) is -5.71. The number of cyclic esters (lactones) is 1. The predicted octanol–water partition coefficient (Wildman–Crippen LogP) is 0.678. The summed E-state index contributed by atoms with van der Waals surface area (Å²) in [5.74, 6) is -3.29. The lowest BCUT2D eigenvalue weighted by Crippen LogP contribution is -2.68. The number of methoxy groups -OCH3 is 3. The van der Waals surface area contributed by atoms with Crippen molar-refractivity contribution in [1.29, 1.82) is 0 Å². The molecule has 10 atom stereocenters. The first-order valence-corrected chi connectivity index (χ1v) is 13.3. The molecule has 38 heavy (non-hydrogen) atoms. The van der Waals surface area contributed by atoms with Crippen LogP contribution >= 0.6 is 0 Å². The highest BCUT2D eigenvalue weighted by Gasteiger charge is 2.60. The van der Waals surface area contributed by atoms with Gasteiger partial charge in [-0.3, -0.25) is 0 Å². The number of hydrogen-bond donors (Lipinski definition) is 5. The van der Waals surface area contributed by atoms with Crippen molar-refractivity contribution in [2.75, 3.05) is 27.9 Å². The summed E-state index contributed by atoms with van der Waals surface area (Å²) < 4.78 is 28.3. The summed E-state index contributed by atoms with van der Waals surface area (Å²) in [5, 5.41) is 54.7. The Morgan fingerprint density at radius 2 is 1.66 bits per heavy atom. The van der Waals surface area contributed by atoms with Crippen LogP contribution in [0.15, 0.2) is 11.6 Å². The second-order valence-corrected chi connectivity index (χ2v) is 11.1. The number of esters is 1. The number of ether oxygens (including phenoxy) is 5. The van der Waals surface area contributed by atoms with E-state index in [4.69, 9.17) is 23.7 Å². The lowest BCUT2D eigenvalue weighted by Gasteiger charge is -2.54. The van der Waals surface area contributed by atoms with E-state index in [9.17, 15) is 30.3 Å². The van der Waals surface area contributed by atoms with Crippen LogP contribution in [0.4, 0.5) is 0 Å². The van der Waals surface area contributed by atoms with E-state index in [-0.39, 0.29) is 38.2 Å². The van der Waals surface area contributed by atoms with Crippen LogP contribution in [0.5, 0.6) is 0 Å². The largest absolute Gasteiger partial charge is 0.456 e. The third-order valence-electron chi connectivity index (χ3n) is 8.37. The standard InChI is InChI=1S/C27H48O11/c1-8-16(14-28)9-15(2)19-10-17(34-5)13-22(29)26(3,4)27(33)24(31)21(36-7)12-18(38-27)11-20(35-6)23(30)25(32)37-19/h9,16-24,28-31,33H,8,10-14H2,1-7H3/b15-9+/t16-,17-,18+,19?,20-,21-,22-,23+,24-,27+/m1/s1. The maximum absolute atomic E-state index is 13.1. The van der Waals surface area contributed by atoms with Crippen molar-refractivity contribution in [3.63, 3.8) is 0 Å². The first-order valence-electron chi connectivity index (χ1n) is 13.3. The molecule has 0 aromatic rings. The second-order valence-electron chi connectivity index (χ2n) is 11.1. The minimum atomic E-state index is -2.23. The van der Waals surface area contributed by atoms with Gasteiger partial charge in [0.2, 0.25) is 5.79 Å². The minimum absolute atomic E-state index is 0.0174. The van der Waals surface area contributed by atoms with Gasteiger partial charge in [0.1, 0.15) is 12.2 Å². The van der Waals surface area contributed by atoms with Gasteiger partial charge in [-0.2, -0.15) is 0 Å². The van der Waals surface area contributed by atoms with Crippen LogP contribution in [-0.4, -0.2) is 114 Å². The fraction of sp³-hybridized carbons (Fsp3) is 0.889. The molecule has 2 bridgehead atoms. The quantitative estimate of drug-likeness (QED) is 0.224. The monoisotopic (exact) mass is 548 g/mol. The summed E-state index contributed by atoms with van der Waals surface area (Å²) in [4.78, 5) is 13.1. The van der Waals surface area contributed by atoms with Crippen molar-refractivity contribution in [2.45, 2.75) is 114 Å². The molecule has 5 N–H and O–H groups in total. The smallest absolute Gasteiger partial charge is 0.338 e. The van der Waals surface area contributed by atoms with Crippen LogP contribution in [0.3, 0.4) is 0 Å². The number of aliphatic hydroxyl groups excluding tert-OH is 4. The van der Waals surface area contributed by atoms with Gasteiger partial charge in [-0.15, -0.1) is 0 Å². The van der Waals surface area contributed by atoms with Gasteiger partial charge in [-0.25, -0.2) is 4.79 Å². The Kier molecular flexibility index (Phi) is 12.1. The van der Waals surface area contributed by atoms with E-state index in [2.05, 4.69) is 0 Å². The van der Waals surface area contributed by atoms with Crippen molar-refractivity contribution in [3.05, 3.63) is 11.6 Å². The summed E-state index contributed by atoms with van der Waals surface area (Å²) in [6.45, 7) is 6.81. The summed E-state index contributed by atoms with van der Waals surface area (Å²) in [6, 6.07) is 0. The summed E-state index contributed by atoms with van der Waals surface area (Å²) in [7, 11) is 4.20. The molecule has 0 aromatic heterocycles. The van der Waals surface area contributed by atoms with Crippen molar-refractivity contribution < 1.29 is 54.0 Å². The van der Waals surface area contributed by atoms with Crippen LogP contribution in [0.2, 0.25) is 0 Å². The topological polar surface area (TPSA) is 164 Å².